The molecule has 1 aromatic carbocycles. The second-order valence-electron chi connectivity index (χ2n) is 5.54. The molecule has 0 bridgehead atoms. The van der Waals surface area contributed by atoms with Crippen LogP contribution in [0.3, 0.4) is 0 Å². The summed E-state index contributed by atoms with van der Waals surface area (Å²) < 4.78 is 4.80. The van der Waals surface area contributed by atoms with Gasteiger partial charge in [0, 0.05) is 10.4 Å². The van der Waals surface area contributed by atoms with Gasteiger partial charge in [0.15, 0.2) is 0 Å². The number of tetrazole rings is 1. The fourth-order valence-electron chi connectivity index (χ4n) is 2.37. The maximum Gasteiger partial charge on any atom is 0.341 e. The van der Waals surface area contributed by atoms with Gasteiger partial charge in [-0.25, -0.2) is 4.79 Å². The maximum atomic E-state index is 12.3. The van der Waals surface area contributed by atoms with Gasteiger partial charge in [-0.3, -0.25) is 4.79 Å². The Labute approximate surface area is 153 Å². The normalized spacial score (nSPS) is 10.6. The Balaban J connectivity index is 1.73. The zero-order valence-electron chi connectivity index (χ0n) is 14.5. The van der Waals surface area contributed by atoms with E-state index in [9.17, 15) is 9.59 Å². The van der Waals surface area contributed by atoms with Gasteiger partial charge in [-0.1, -0.05) is 30.3 Å². The van der Waals surface area contributed by atoms with Crippen LogP contribution in [-0.2, 0) is 16.1 Å². The summed E-state index contributed by atoms with van der Waals surface area (Å²) in [5.41, 5.74) is 1.99. The van der Waals surface area contributed by atoms with E-state index in [1.807, 2.05) is 44.2 Å². The minimum absolute atomic E-state index is 0.115. The summed E-state index contributed by atoms with van der Waals surface area (Å²) in [6.07, 6.45) is 0. The molecule has 9 heteroatoms. The number of carbonyl (C=O) groups excluding carboxylic acids is 2. The monoisotopic (exact) mass is 371 g/mol. The predicted molar refractivity (Wildman–Crippen MR) is 97.0 cm³/mol. The number of methoxy groups -OCH3 is 1. The molecule has 2 heterocycles. The number of esters is 1. The second kappa shape index (κ2) is 7.44. The van der Waals surface area contributed by atoms with Crippen LogP contribution in [-0.4, -0.2) is 39.2 Å². The number of rotatable bonds is 5. The predicted octanol–water partition coefficient (Wildman–Crippen LogP) is 2.44. The highest BCUT2D eigenvalue weighted by molar-refractivity contribution is 7.16. The summed E-state index contributed by atoms with van der Waals surface area (Å²) in [6.45, 7) is 3.59. The van der Waals surface area contributed by atoms with E-state index < -0.39 is 5.97 Å². The van der Waals surface area contributed by atoms with Crippen molar-refractivity contribution in [3.63, 3.8) is 0 Å². The molecule has 0 spiro atoms. The number of hydrogen-bond donors (Lipinski definition) is 1. The molecule has 0 saturated heterocycles. The van der Waals surface area contributed by atoms with Gasteiger partial charge < -0.3 is 10.1 Å². The zero-order valence-corrected chi connectivity index (χ0v) is 15.3. The van der Waals surface area contributed by atoms with Crippen molar-refractivity contribution in [2.45, 2.75) is 20.4 Å². The fraction of sp³-hybridized carbons (Fsp3) is 0.235. The van der Waals surface area contributed by atoms with Gasteiger partial charge in [-0.15, -0.1) is 21.5 Å². The number of carbonyl (C=O) groups is 2. The van der Waals surface area contributed by atoms with E-state index in [0.717, 1.165) is 16.0 Å². The van der Waals surface area contributed by atoms with Crippen molar-refractivity contribution in [1.82, 2.24) is 20.2 Å². The molecule has 0 atom stereocenters. The number of aryl methyl sites for hydroxylation is 1. The number of benzene rings is 1. The third-order valence-corrected chi connectivity index (χ3v) is 4.92. The van der Waals surface area contributed by atoms with Crippen molar-refractivity contribution in [3.05, 3.63) is 46.3 Å². The van der Waals surface area contributed by atoms with Crippen LogP contribution in [0.4, 0.5) is 5.00 Å². The molecule has 3 aromatic rings. The van der Waals surface area contributed by atoms with Crippen LogP contribution in [0.5, 0.6) is 0 Å². The third-order valence-electron chi connectivity index (χ3n) is 3.80. The lowest BCUT2D eigenvalue weighted by atomic mass is 10.1. The molecule has 8 nitrogen and oxygen atoms in total. The molecular formula is C17H17N5O3S. The van der Waals surface area contributed by atoms with Crippen molar-refractivity contribution in [3.8, 4) is 11.4 Å². The molecular weight excluding hydrogens is 354 g/mol. The van der Waals surface area contributed by atoms with Crippen molar-refractivity contribution >= 4 is 28.2 Å². The number of nitrogens with zero attached hydrogens (tertiary/aromatic N) is 4. The van der Waals surface area contributed by atoms with Crippen LogP contribution in [0.25, 0.3) is 11.4 Å². The first kappa shape index (κ1) is 17.7. The van der Waals surface area contributed by atoms with Gasteiger partial charge in [0.2, 0.25) is 11.7 Å². The van der Waals surface area contributed by atoms with Crippen LogP contribution in [0.1, 0.15) is 20.8 Å². The molecule has 0 radical (unpaired) electrons. The molecule has 1 amide bonds. The Morgan fingerprint density at radius 3 is 2.65 bits per heavy atom. The number of nitrogens with one attached hydrogen (secondary N) is 1. The first-order valence-corrected chi connectivity index (χ1v) is 8.62. The Hall–Kier alpha value is -3.07. The smallest absolute Gasteiger partial charge is 0.341 e. The lowest BCUT2D eigenvalue weighted by molar-refractivity contribution is -0.117. The molecule has 0 unspecified atom stereocenters. The molecule has 3 rings (SSSR count). The molecule has 0 aliphatic heterocycles. The van der Waals surface area contributed by atoms with Gasteiger partial charge >= 0.3 is 5.97 Å². The van der Waals surface area contributed by atoms with Crippen molar-refractivity contribution in [2.75, 3.05) is 12.4 Å². The standard InChI is InChI=1S/C17H17N5O3S/c1-10-11(2)26-16(14(10)17(24)25-3)18-13(23)9-22-20-15(19-21-22)12-7-5-4-6-8-12/h4-8H,9H2,1-3H3,(H,18,23). The Morgan fingerprint density at radius 1 is 1.23 bits per heavy atom. The van der Waals surface area contributed by atoms with Gasteiger partial charge in [0.05, 0.1) is 12.7 Å². The first-order valence-electron chi connectivity index (χ1n) is 7.81. The van der Waals surface area contributed by atoms with Crippen molar-refractivity contribution in [1.29, 1.82) is 0 Å². The third kappa shape index (κ3) is 3.62. The van der Waals surface area contributed by atoms with Crippen molar-refractivity contribution in [2.24, 2.45) is 0 Å². The molecule has 0 saturated carbocycles. The fourth-order valence-corrected chi connectivity index (χ4v) is 3.44. The van der Waals surface area contributed by atoms with Crippen LogP contribution in [0, 0.1) is 13.8 Å². The lowest BCUT2D eigenvalue weighted by Crippen LogP contribution is -2.21. The summed E-state index contributed by atoms with van der Waals surface area (Å²) in [7, 11) is 1.31. The highest BCUT2D eigenvalue weighted by Crippen LogP contribution is 2.32. The Bertz CT molecular complexity index is 949. The average molecular weight is 371 g/mol. The first-order chi connectivity index (χ1) is 12.5. The molecule has 0 fully saturated rings. The van der Waals surface area contributed by atoms with Crippen LogP contribution in [0.15, 0.2) is 30.3 Å². The average Bonchev–Trinajstić information content (AvgIpc) is 3.20. The van der Waals surface area contributed by atoms with E-state index in [2.05, 4.69) is 20.7 Å². The summed E-state index contributed by atoms with van der Waals surface area (Å²) in [5.74, 6) is -0.391. The number of amides is 1. The molecule has 0 aliphatic carbocycles. The largest absolute Gasteiger partial charge is 0.465 e. The van der Waals surface area contributed by atoms with Gasteiger partial charge in [-0.2, -0.15) is 4.80 Å². The van der Waals surface area contributed by atoms with E-state index >= 15 is 0 Å². The topological polar surface area (TPSA) is 99.0 Å². The summed E-state index contributed by atoms with van der Waals surface area (Å²) in [6, 6.07) is 9.37. The van der Waals surface area contributed by atoms with E-state index in [-0.39, 0.29) is 12.5 Å². The second-order valence-corrected chi connectivity index (χ2v) is 6.76. The SMILES string of the molecule is COC(=O)c1c(NC(=O)Cn2nnc(-c3ccccc3)n2)sc(C)c1C. The van der Waals surface area contributed by atoms with Crippen LogP contribution >= 0.6 is 11.3 Å². The number of aromatic nitrogens is 4. The maximum absolute atomic E-state index is 12.3. The number of thiophene rings is 1. The van der Waals surface area contributed by atoms with E-state index in [0.29, 0.717) is 16.4 Å². The molecule has 2 aromatic heterocycles. The minimum atomic E-state index is -0.479. The highest BCUT2D eigenvalue weighted by Gasteiger charge is 2.22. The molecule has 1 N–H and O–H groups in total. The van der Waals surface area contributed by atoms with E-state index in [1.54, 1.807) is 0 Å². The quantitative estimate of drug-likeness (QED) is 0.692. The van der Waals surface area contributed by atoms with Crippen LogP contribution in [0.2, 0.25) is 0 Å². The number of hydrogen-bond acceptors (Lipinski definition) is 7. The van der Waals surface area contributed by atoms with Crippen molar-refractivity contribution < 1.29 is 14.3 Å². The van der Waals surface area contributed by atoms with E-state index in [4.69, 9.17) is 4.74 Å². The Kier molecular flexibility index (Phi) is 5.08. The lowest BCUT2D eigenvalue weighted by Gasteiger charge is -2.05. The molecule has 134 valence electrons. The molecule has 26 heavy (non-hydrogen) atoms. The van der Waals surface area contributed by atoms with Crippen LogP contribution < -0.4 is 5.32 Å². The van der Waals surface area contributed by atoms with E-state index in [1.165, 1.54) is 23.2 Å². The number of ether oxygens (including phenoxy) is 1. The molecule has 0 aliphatic rings. The zero-order chi connectivity index (χ0) is 18.7. The summed E-state index contributed by atoms with van der Waals surface area (Å²) >= 11 is 1.33. The minimum Gasteiger partial charge on any atom is -0.465 e. The van der Waals surface area contributed by atoms with Gasteiger partial charge in [0.25, 0.3) is 0 Å². The highest BCUT2D eigenvalue weighted by atomic mass is 32.1. The van der Waals surface area contributed by atoms with Gasteiger partial charge in [0.1, 0.15) is 11.5 Å². The number of anilines is 1. The Morgan fingerprint density at radius 2 is 1.96 bits per heavy atom. The van der Waals surface area contributed by atoms with Gasteiger partial charge in [-0.05, 0) is 24.6 Å². The summed E-state index contributed by atoms with van der Waals surface area (Å²) in [5, 5.41) is 15.2. The summed E-state index contributed by atoms with van der Waals surface area (Å²) in [4.78, 5) is 26.4.